The Morgan fingerprint density at radius 1 is 1.14 bits per heavy atom. The number of aliphatic carboxylic acids is 1. The average Bonchev–Trinajstić information content (AvgIpc) is 3.31. The first kappa shape index (κ1) is 32.9. The van der Waals surface area contributed by atoms with Crippen molar-refractivity contribution < 1.29 is 37.0 Å². The number of carboxylic acids is 1. The van der Waals surface area contributed by atoms with Crippen LogP contribution in [0.2, 0.25) is 0 Å². The number of pyridine rings is 1. The number of halogens is 4. The van der Waals surface area contributed by atoms with Crippen LogP contribution in [-0.4, -0.2) is 39.3 Å². The maximum Gasteiger partial charge on any atom is 0.421 e. The van der Waals surface area contributed by atoms with E-state index in [2.05, 4.69) is 16.9 Å². The number of ether oxygens (including phenoxy) is 1. The zero-order chi connectivity index (χ0) is 30.9. The van der Waals surface area contributed by atoms with E-state index >= 15 is 4.39 Å². The van der Waals surface area contributed by atoms with E-state index < -0.39 is 41.1 Å². The van der Waals surface area contributed by atoms with Crippen LogP contribution in [0.25, 0.3) is 11.3 Å². The summed E-state index contributed by atoms with van der Waals surface area (Å²) in [6, 6.07) is 5.23. The molecule has 1 aromatic carbocycles. The molecule has 0 fully saturated rings. The Morgan fingerprint density at radius 3 is 2.50 bits per heavy atom. The van der Waals surface area contributed by atoms with Gasteiger partial charge in [0.05, 0.1) is 11.3 Å². The molecule has 0 radical (unpaired) electrons. The minimum Gasteiger partial charge on any atom is -0.480 e. The van der Waals surface area contributed by atoms with Crippen molar-refractivity contribution in [3.8, 4) is 11.3 Å². The summed E-state index contributed by atoms with van der Waals surface area (Å²) >= 11 is 0.447. The average molecular weight is 611 g/mol. The minimum atomic E-state index is -4.72. The molecule has 13 heteroatoms. The Balaban J connectivity index is 1.99. The van der Waals surface area contributed by atoms with Crippen molar-refractivity contribution in [2.75, 3.05) is 4.90 Å². The normalized spacial score (nSPS) is 13.0. The van der Waals surface area contributed by atoms with Gasteiger partial charge in [-0.25, -0.2) is 14.7 Å². The van der Waals surface area contributed by atoms with Crippen LogP contribution in [0.1, 0.15) is 69.9 Å². The van der Waals surface area contributed by atoms with Crippen LogP contribution < -0.4 is 10.6 Å². The van der Waals surface area contributed by atoms with E-state index in [1.807, 2.05) is 0 Å². The van der Waals surface area contributed by atoms with E-state index in [0.717, 1.165) is 43.1 Å². The van der Waals surface area contributed by atoms with E-state index in [1.165, 1.54) is 31.5 Å². The molecule has 3 aromatic rings. The number of nitrogens with zero attached hydrogens (tertiary/aromatic N) is 3. The SMILES string of the molecule is CCCCCCCCc1ccc(N(C(=O)OC(C)CC(N)C(=O)O)c2nc(-c3cccnc3)c(F)s2)cc1C(F)(F)F. The topological polar surface area (TPSA) is 119 Å². The molecular formula is C29H34F4N4O4S. The van der Waals surface area contributed by atoms with Gasteiger partial charge >= 0.3 is 18.2 Å². The van der Waals surface area contributed by atoms with E-state index in [-0.39, 0.29) is 34.9 Å². The second kappa shape index (κ2) is 15.1. The lowest BCUT2D eigenvalue weighted by Gasteiger charge is -2.24. The Bertz CT molecular complexity index is 1340. The van der Waals surface area contributed by atoms with Crippen molar-refractivity contribution in [2.24, 2.45) is 5.73 Å². The van der Waals surface area contributed by atoms with Gasteiger partial charge in [-0.1, -0.05) is 56.4 Å². The molecule has 0 bridgehead atoms. The predicted octanol–water partition coefficient (Wildman–Crippen LogP) is 7.73. The number of thiazole rings is 1. The van der Waals surface area contributed by atoms with Crippen LogP contribution in [0.4, 0.5) is 33.2 Å². The van der Waals surface area contributed by atoms with Crippen LogP contribution in [0, 0.1) is 5.13 Å². The number of benzene rings is 1. The Morgan fingerprint density at radius 2 is 1.86 bits per heavy atom. The maximum atomic E-state index is 15.0. The molecule has 42 heavy (non-hydrogen) atoms. The van der Waals surface area contributed by atoms with E-state index in [1.54, 1.807) is 12.1 Å². The summed E-state index contributed by atoms with van der Waals surface area (Å²) in [7, 11) is 0. The van der Waals surface area contributed by atoms with Crippen LogP contribution >= 0.6 is 11.3 Å². The molecule has 228 valence electrons. The van der Waals surface area contributed by atoms with Crippen molar-refractivity contribution in [2.45, 2.75) is 83.5 Å². The van der Waals surface area contributed by atoms with Crippen LogP contribution in [0.3, 0.4) is 0 Å². The van der Waals surface area contributed by atoms with Crippen molar-refractivity contribution >= 4 is 34.2 Å². The third-order valence-corrected chi connectivity index (χ3v) is 7.37. The monoisotopic (exact) mass is 610 g/mol. The second-order valence-electron chi connectivity index (χ2n) is 9.93. The Hall–Kier alpha value is -3.58. The molecule has 0 aliphatic heterocycles. The number of aryl methyl sites for hydroxylation is 1. The van der Waals surface area contributed by atoms with Crippen molar-refractivity contribution in [1.29, 1.82) is 0 Å². The molecule has 0 saturated heterocycles. The number of anilines is 2. The molecule has 3 rings (SSSR count). The van der Waals surface area contributed by atoms with Crippen LogP contribution in [0.5, 0.6) is 0 Å². The highest BCUT2D eigenvalue weighted by atomic mass is 32.1. The fourth-order valence-corrected chi connectivity index (χ4v) is 5.20. The van der Waals surface area contributed by atoms with E-state index in [4.69, 9.17) is 15.6 Å². The summed E-state index contributed by atoms with van der Waals surface area (Å²) in [5.74, 6) is -1.31. The van der Waals surface area contributed by atoms with Gasteiger partial charge in [0.25, 0.3) is 0 Å². The van der Waals surface area contributed by atoms with Gasteiger partial charge in [0.15, 0.2) is 0 Å². The molecule has 0 aliphatic carbocycles. The van der Waals surface area contributed by atoms with Gasteiger partial charge in [-0.05, 0) is 49.6 Å². The zero-order valence-electron chi connectivity index (χ0n) is 23.4. The highest BCUT2D eigenvalue weighted by molar-refractivity contribution is 7.14. The molecule has 2 heterocycles. The van der Waals surface area contributed by atoms with Crippen LogP contribution in [-0.2, 0) is 22.1 Å². The minimum absolute atomic E-state index is 0.0808. The number of unbranched alkanes of at least 4 members (excludes halogenated alkanes) is 5. The molecular weight excluding hydrogens is 576 g/mol. The van der Waals surface area contributed by atoms with Gasteiger partial charge in [-0.15, -0.1) is 0 Å². The van der Waals surface area contributed by atoms with Crippen molar-refractivity contribution in [3.63, 3.8) is 0 Å². The summed E-state index contributed by atoms with van der Waals surface area (Å²) in [4.78, 5) is 33.4. The number of hydrogen-bond acceptors (Lipinski definition) is 7. The molecule has 0 spiro atoms. The Kier molecular flexibility index (Phi) is 11.8. The molecule has 2 aromatic heterocycles. The highest BCUT2D eigenvalue weighted by Crippen LogP contribution is 2.40. The molecule has 0 aliphatic rings. The van der Waals surface area contributed by atoms with Crippen LogP contribution in [0.15, 0.2) is 42.7 Å². The summed E-state index contributed by atoms with van der Waals surface area (Å²) in [6.07, 6.45) is 1.35. The third-order valence-electron chi connectivity index (χ3n) is 6.55. The van der Waals surface area contributed by atoms with Crippen molar-refractivity contribution in [1.82, 2.24) is 9.97 Å². The number of aromatic nitrogens is 2. The molecule has 8 nitrogen and oxygen atoms in total. The first-order valence-corrected chi connectivity index (χ1v) is 14.5. The number of alkyl halides is 3. The summed E-state index contributed by atoms with van der Waals surface area (Å²) in [5, 5.41) is 8.02. The van der Waals surface area contributed by atoms with Gasteiger partial charge in [-0.2, -0.15) is 17.6 Å². The number of amides is 1. The Labute approximate surface area is 245 Å². The van der Waals surface area contributed by atoms with Gasteiger partial charge in [0.2, 0.25) is 10.3 Å². The summed E-state index contributed by atoms with van der Waals surface area (Å²) < 4.78 is 63.0. The summed E-state index contributed by atoms with van der Waals surface area (Å²) in [5.41, 5.74) is 4.63. The molecule has 2 unspecified atom stereocenters. The van der Waals surface area contributed by atoms with Gasteiger partial charge in [0, 0.05) is 24.4 Å². The third kappa shape index (κ3) is 8.96. The second-order valence-corrected chi connectivity index (χ2v) is 10.9. The largest absolute Gasteiger partial charge is 0.480 e. The predicted molar refractivity (Wildman–Crippen MR) is 152 cm³/mol. The lowest BCUT2D eigenvalue weighted by Crippen LogP contribution is -2.36. The quantitative estimate of drug-likeness (QED) is 0.142. The van der Waals surface area contributed by atoms with Gasteiger partial charge in [0.1, 0.15) is 17.8 Å². The first-order valence-electron chi connectivity index (χ1n) is 13.7. The number of carbonyl (C=O) groups excluding carboxylic acids is 1. The lowest BCUT2D eigenvalue weighted by molar-refractivity contribution is -0.139. The number of hydrogen-bond donors (Lipinski definition) is 2. The fraction of sp³-hybridized carbons (Fsp3) is 0.448. The van der Waals surface area contributed by atoms with E-state index in [0.29, 0.717) is 23.3 Å². The number of nitrogens with two attached hydrogens (primary N) is 1. The maximum absolute atomic E-state index is 15.0. The standard InChI is InChI=1S/C29H34F4N4O4S/c1-3-4-5-6-7-8-10-19-12-13-21(16-22(19)29(31,32)33)37(28(40)41-18(2)15-23(34)26(38)39)27-36-24(25(30)42-27)20-11-9-14-35-17-20/h9,11-14,16-18,23H,3-8,10,15,34H2,1-2H3,(H,38,39). The smallest absolute Gasteiger partial charge is 0.421 e. The fourth-order valence-electron chi connectivity index (χ4n) is 4.37. The first-order chi connectivity index (χ1) is 19.9. The molecule has 2 atom stereocenters. The lowest BCUT2D eigenvalue weighted by atomic mass is 9.99. The molecule has 1 amide bonds. The number of carboxylic acid groups (broad SMARTS) is 1. The summed E-state index contributed by atoms with van der Waals surface area (Å²) in [6.45, 7) is 3.48. The molecule has 3 N–H and O–H groups in total. The molecule has 0 saturated carbocycles. The number of rotatable bonds is 14. The number of carbonyl (C=O) groups is 2. The van der Waals surface area contributed by atoms with E-state index in [9.17, 15) is 22.8 Å². The van der Waals surface area contributed by atoms with Crippen molar-refractivity contribution in [3.05, 3.63) is 59.0 Å². The zero-order valence-corrected chi connectivity index (χ0v) is 24.2. The van der Waals surface area contributed by atoms with Gasteiger partial charge < -0.3 is 15.6 Å². The highest BCUT2D eigenvalue weighted by Gasteiger charge is 2.36. The van der Waals surface area contributed by atoms with Gasteiger partial charge in [-0.3, -0.25) is 9.78 Å².